The molecule has 0 radical (unpaired) electrons. The number of amides is 1. The molecule has 3 rings (SSSR count). The summed E-state index contributed by atoms with van der Waals surface area (Å²) < 4.78 is -0.908. The van der Waals surface area contributed by atoms with E-state index < -0.39 is 4.33 Å². The van der Waals surface area contributed by atoms with Crippen molar-refractivity contribution in [1.82, 2.24) is 4.98 Å². The molecule has 1 atom stereocenters. The van der Waals surface area contributed by atoms with E-state index >= 15 is 0 Å². The average molecular weight is 355 g/mol. The lowest BCUT2D eigenvalue weighted by Gasteiger charge is -2.08. The number of rotatable bonds is 3. The second-order valence-corrected chi connectivity index (χ2v) is 8.22. The van der Waals surface area contributed by atoms with Gasteiger partial charge in [0.2, 0.25) is 5.91 Å². The molecule has 3 nitrogen and oxygen atoms in total. The van der Waals surface area contributed by atoms with Gasteiger partial charge in [-0.15, -0.1) is 34.5 Å². The standard InChI is InChI=1S/C16H16Cl2N2OS/c1-8-4-9(2)13(10(3)5-8)12-7-22-15(19-12)20-14(21)11-6-16(11,17)18/h4-5,7,11H,6H2,1-3H3,(H,19,20,21)/t11-/m1/s1. The van der Waals surface area contributed by atoms with Crippen LogP contribution in [0.2, 0.25) is 0 Å². The molecule has 22 heavy (non-hydrogen) atoms. The van der Waals surface area contributed by atoms with E-state index in [1.54, 1.807) is 0 Å². The number of hydrogen-bond donors (Lipinski definition) is 1. The molecule has 1 amide bonds. The van der Waals surface area contributed by atoms with E-state index in [0.29, 0.717) is 11.6 Å². The van der Waals surface area contributed by atoms with Gasteiger partial charge in [0.25, 0.3) is 0 Å². The highest BCUT2D eigenvalue weighted by molar-refractivity contribution is 7.14. The molecule has 2 aromatic rings. The van der Waals surface area contributed by atoms with Crippen LogP contribution >= 0.6 is 34.5 Å². The van der Waals surface area contributed by atoms with Crippen molar-refractivity contribution in [2.75, 3.05) is 5.32 Å². The summed E-state index contributed by atoms with van der Waals surface area (Å²) >= 11 is 13.2. The molecule has 1 aliphatic carbocycles. The third kappa shape index (κ3) is 3.00. The highest BCUT2D eigenvalue weighted by Crippen LogP contribution is 2.53. The lowest BCUT2D eigenvalue weighted by atomic mass is 9.98. The van der Waals surface area contributed by atoms with Crippen LogP contribution in [0.3, 0.4) is 0 Å². The van der Waals surface area contributed by atoms with Crippen LogP contribution < -0.4 is 5.32 Å². The van der Waals surface area contributed by atoms with E-state index in [1.165, 1.54) is 28.0 Å². The second kappa shape index (κ2) is 5.52. The first-order valence-electron chi connectivity index (χ1n) is 7.00. The molecule has 1 aromatic heterocycles. The first kappa shape index (κ1) is 15.8. The van der Waals surface area contributed by atoms with Crippen molar-refractivity contribution in [1.29, 1.82) is 0 Å². The van der Waals surface area contributed by atoms with Crippen molar-refractivity contribution < 1.29 is 4.79 Å². The number of aryl methyl sites for hydroxylation is 3. The lowest BCUT2D eigenvalue weighted by Crippen LogP contribution is -2.16. The zero-order valence-electron chi connectivity index (χ0n) is 12.5. The molecule has 0 aliphatic heterocycles. The van der Waals surface area contributed by atoms with Crippen molar-refractivity contribution in [3.63, 3.8) is 0 Å². The van der Waals surface area contributed by atoms with Crippen LogP contribution in [-0.4, -0.2) is 15.2 Å². The predicted octanol–water partition coefficient (Wildman–Crippen LogP) is 4.87. The van der Waals surface area contributed by atoms with Crippen molar-refractivity contribution in [2.45, 2.75) is 31.5 Å². The number of nitrogens with one attached hydrogen (secondary N) is 1. The number of alkyl halides is 2. The summed E-state index contributed by atoms with van der Waals surface area (Å²) in [6, 6.07) is 4.28. The molecule has 1 saturated carbocycles. The number of aromatic nitrogens is 1. The van der Waals surface area contributed by atoms with Gasteiger partial charge in [-0.25, -0.2) is 4.98 Å². The van der Waals surface area contributed by atoms with Crippen LogP contribution in [0, 0.1) is 26.7 Å². The van der Waals surface area contributed by atoms with Gasteiger partial charge in [-0.05, 0) is 38.3 Å². The summed E-state index contributed by atoms with van der Waals surface area (Å²) in [7, 11) is 0. The minimum Gasteiger partial charge on any atom is -0.302 e. The SMILES string of the molecule is Cc1cc(C)c(-c2csc(NC(=O)[C@H]3CC3(Cl)Cl)n2)c(C)c1. The minimum absolute atomic E-state index is 0.164. The zero-order valence-corrected chi connectivity index (χ0v) is 14.9. The predicted molar refractivity (Wildman–Crippen MR) is 92.9 cm³/mol. The van der Waals surface area contributed by atoms with E-state index in [9.17, 15) is 4.79 Å². The fourth-order valence-electron chi connectivity index (χ4n) is 2.72. The molecule has 116 valence electrons. The normalized spacial score (nSPS) is 19.0. The van der Waals surface area contributed by atoms with Gasteiger partial charge in [-0.3, -0.25) is 4.79 Å². The van der Waals surface area contributed by atoms with E-state index in [1.807, 2.05) is 5.38 Å². The van der Waals surface area contributed by atoms with Crippen LogP contribution in [0.5, 0.6) is 0 Å². The van der Waals surface area contributed by atoms with Crippen LogP contribution in [-0.2, 0) is 4.79 Å². The Bertz CT molecular complexity index is 731. The van der Waals surface area contributed by atoms with Crippen molar-refractivity contribution in [3.05, 3.63) is 34.2 Å². The van der Waals surface area contributed by atoms with Crippen molar-refractivity contribution >= 4 is 45.6 Å². The summed E-state index contributed by atoms with van der Waals surface area (Å²) in [4.78, 5) is 16.5. The van der Waals surface area contributed by atoms with Gasteiger partial charge in [-0.1, -0.05) is 17.7 Å². The maximum atomic E-state index is 12.0. The van der Waals surface area contributed by atoms with Gasteiger partial charge in [-0.2, -0.15) is 0 Å². The molecule has 1 heterocycles. The van der Waals surface area contributed by atoms with Gasteiger partial charge in [0.1, 0.15) is 4.33 Å². The largest absolute Gasteiger partial charge is 0.302 e. The summed E-state index contributed by atoms with van der Waals surface area (Å²) in [5.74, 6) is -0.505. The molecule has 0 unspecified atom stereocenters. The Labute approximate surface area is 143 Å². The number of halogens is 2. The summed E-state index contributed by atoms with van der Waals surface area (Å²) in [6.07, 6.45) is 0.496. The van der Waals surface area contributed by atoms with E-state index in [4.69, 9.17) is 23.2 Å². The number of nitrogens with zero attached hydrogens (tertiary/aromatic N) is 1. The number of carbonyl (C=O) groups is 1. The average Bonchev–Trinajstić information content (AvgIpc) is 2.81. The Morgan fingerprint density at radius 2 is 1.91 bits per heavy atom. The van der Waals surface area contributed by atoms with Gasteiger partial charge < -0.3 is 5.32 Å². The lowest BCUT2D eigenvalue weighted by molar-refractivity contribution is -0.117. The fraction of sp³-hybridized carbons (Fsp3) is 0.375. The quantitative estimate of drug-likeness (QED) is 0.799. The summed E-state index contributed by atoms with van der Waals surface area (Å²) in [5, 5.41) is 5.34. The van der Waals surface area contributed by atoms with Gasteiger partial charge in [0.05, 0.1) is 11.6 Å². The van der Waals surface area contributed by atoms with Crippen molar-refractivity contribution in [3.8, 4) is 11.3 Å². The number of anilines is 1. The Balaban J connectivity index is 1.81. The monoisotopic (exact) mass is 354 g/mol. The number of hydrogen-bond acceptors (Lipinski definition) is 3. The minimum atomic E-state index is -0.908. The van der Waals surface area contributed by atoms with E-state index in [-0.39, 0.29) is 11.8 Å². The molecular weight excluding hydrogens is 339 g/mol. The Hall–Kier alpha value is -1.10. The molecule has 6 heteroatoms. The molecule has 0 spiro atoms. The van der Waals surface area contributed by atoms with Gasteiger partial charge >= 0.3 is 0 Å². The van der Waals surface area contributed by atoms with E-state index in [0.717, 1.165) is 11.3 Å². The Morgan fingerprint density at radius 3 is 2.45 bits per heavy atom. The third-order valence-corrected chi connectivity index (χ3v) is 5.40. The second-order valence-electron chi connectivity index (χ2n) is 5.82. The topological polar surface area (TPSA) is 42.0 Å². The third-order valence-electron chi connectivity index (χ3n) is 3.81. The molecule has 1 aliphatic rings. The van der Waals surface area contributed by atoms with Gasteiger partial charge in [0.15, 0.2) is 5.13 Å². The maximum absolute atomic E-state index is 12.0. The van der Waals surface area contributed by atoms with Crippen LogP contribution in [0.4, 0.5) is 5.13 Å². The molecule has 0 bridgehead atoms. The molecule has 1 N–H and O–H groups in total. The first-order valence-corrected chi connectivity index (χ1v) is 8.64. The summed E-state index contributed by atoms with van der Waals surface area (Å²) in [6.45, 7) is 6.23. The van der Waals surface area contributed by atoms with E-state index in [2.05, 4.69) is 43.2 Å². The fourth-order valence-corrected chi connectivity index (χ4v) is 3.93. The highest BCUT2D eigenvalue weighted by atomic mass is 35.5. The number of carbonyl (C=O) groups excluding carboxylic acids is 1. The summed E-state index contributed by atoms with van der Waals surface area (Å²) in [5.41, 5.74) is 5.61. The maximum Gasteiger partial charge on any atom is 0.232 e. The van der Waals surface area contributed by atoms with Crippen LogP contribution in [0.25, 0.3) is 11.3 Å². The van der Waals surface area contributed by atoms with Gasteiger partial charge in [0, 0.05) is 10.9 Å². The van der Waals surface area contributed by atoms with Crippen molar-refractivity contribution in [2.24, 2.45) is 5.92 Å². The van der Waals surface area contributed by atoms with Crippen LogP contribution in [0.1, 0.15) is 23.1 Å². The van der Waals surface area contributed by atoms with Crippen LogP contribution in [0.15, 0.2) is 17.5 Å². The first-order chi connectivity index (χ1) is 10.3. The smallest absolute Gasteiger partial charge is 0.232 e. The number of benzene rings is 1. The number of thiazole rings is 1. The Kier molecular flexibility index (Phi) is 3.96. The molecule has 0 saturated heterocycles. The Morgan fingerprint density at radius 1 is 1.32 bits per heavy atom. The molecular formula is C16H16Cl2N2OS. The molecule has 1 aromatic carbocycles. The highest BCUT2D eigenvalue weighted by Gasteiger charge is 2.56. The zero-order chi connectivity index (χ0) is 16.1. The molecule has 1 fully saturated rings.